The average molecular weight is 295 g/mol. The molecule has 0 aliphatic carbocycles. The maximum atomic E-state index is 4.18. The second-order valence-corrected chi connectivity index (χ2v) is 3.27. The first-order valence-corrected chi connectivity index (χ1v) is 4.36. The van der Waals surface area contributed by atoms with Crippen LogP contribution in [0, 0.1) is 0 Å². The third-order valence-electron chi connectivity index (χ3n) is 1.83. The monoisotopic (exact) mass is 293 g/mol. The Morgan fingerprint density at radius 3 is 3.00 bits per heavy atom. The molecule has 5 heteroatoms. The molecular weight excluding hydrogens is 286 g/mol. The predicted octanol–water partition coefficient (Wildman–Crippen LogP) is 1.46. The third-order valence-corrected chi connectivity index (χ3v) is 2.51. The summed E-state index contributed by atoms with van der Waals surface area (Å²) in [6.07, 6.45) is 2.62. The first kappa shape index (κ1) is 10.1. The van der Waals surface area contributed by atoms with E-state index in [1.807, 2.05) is 0 Å². The summed E-state index contributed by atoms with van der Waals surface area (Å²) in [7, 11) is 0. The molecule has 1 aliphatic heterocycles. The molecule has 0 saturated heterocycles. The SMILES string of the molecule is Br.Brc1ncnc2c1CCNC2. The van der Waals surface area contributed by atoms with Crippen molar-refractivity contribution in [3.63, 3.8) is 0 Å². The molecule has 0 saturated carbocycles. The average Bonchev–Trinajstić information content (AvgIpc) is 2.06. The van der Waals surface area contributed by atoms with Crippen molar-refractivity contribution >= 4 is 32.9 Å². The van der Waals surface area contributed by atoms with Gasteiger partial charge in [-0.25, -0.2) is 9.97 Å². The Morgan fingerprint density at radius 2 is 2.25 bits per heavy atom. The molecule has 1 N–H and O–H groups in total. The van der Waals surface area contributed by atoms with Gasteiger partial charge in [-0.3, -0.25) is 0 Å². The van der Waals surface area contributed by atoms with Crippen molar-refractivity contribution < 1.29 is 0 Å². The molecule has 0 amide bonds. The van der Waals surface area contributed by atoms with Gasteiger partial charge in [-0.15, -0.1) is 17.0 Å². The van der Waals surface area contributed by atoms with Crippen LogP contribution in [-0.2, 0) is 13.0 Å². The summed E-state index contributed by atoms with van der Waals surface area (Å²) in [6, 6.07) is 0. The highest BCUT2D eigenvalue weighted by Crippen LogP contribution is 2.18. The van der Waals surface area contributed by atoms with Gasteiger partial charge in [-0.1, -0.05) is 0 Å². The van der Waals surface area contributed by atoms with Gasteiger partial charge in [0, 0.05) is 12.1 Å². The Hall–Kier alpha value is -0.000000000000000132. The molecule has 0 bridgehead atoms. The van der Waals surface area contributed by atoms with Crippen LogP contribution in [-0.4, -0.2) is 16.5 Å². The van der Waals surface area contributed by atoms with Gasteiger partial charge in [0.2, 0.25) is 0 Å². The maximum absolute atomic E-state index is 4.18. The maximum Gasteiger partial charge on any atom is 0.117 e. The van der Waals surface area contributed by atoms with Crippen LogP contribution in [0.5, 0.6) is 0 Å². The fourth-order valence-corrected chi connectivity index (χ4v) is 1.76. The Balaban J connectivity index is 0.000000720. The second-order valence-electron chi connectivity index (χ2n) is 2.52. The van der Waals surface area contributed by atoms with E-state index >= 15 is 0 Å². The van der Waals surface area contributed by atoms with Crippen molar-refractivity contribution in [2.24, 2.45) is 0 Å². The normalized spacial score (nSPS) is 14.8. The Labute approximate surface area is 89.9 Å². The topological polar surface area (TPSA) is 37.8 Å². The fraction of sp³-hybridized carbons (Fsp3) is 0.429. The van der Waals surface area contributed by atoms with E-state index in [9.17, 15) is 0 Å². The van der Waals surface area contributed by atoms with Gasteiger partial charge in [0.05, 0.1) is 5.69 Å². The number of halogens is 2. The van der Waals surface area contributed by atoms with Crippen LogP contribution in [0.15, 0.2) is 10.9 Å². The number of nitrogens with one attached hydrogen (secondary N) is 1. The summed E-state index contributed by atoms with van der Waals surface area (Å²) in [5, 5.41) is 3.26. The summed E-state index contributed by atoms with van der Waals surface area (Å²) >= 11 is 3.40. The molecule has 1 aromatic rings. The molecule has 3 nitrogen and oxygen atoms in total. The van der Waals surface area contributed by atoms with Gasteiger partial charge in [0.15, 0.2) is 0 Å². The number of aromatic nitrogens is 2. The molecule has 0 atom stereocenters. The van der Waals surface area contributed by atoms with E-state index in [0.717, 1.165) is 29.8 Å². The van der Waals surface area contributed by atoms with Crippen molar-refractivity contribution in [3.8, 4) is 0 Å². The van der Waals surface area contributed by atoms with E-state index in [2.05, 4.69) is 31.2 Å². The number of hydrogen-bond donors (Lipinski definition) is 1. The lowest BCUT2D eigenvalue weighted by Gasteiger charge is -2.15. The first-order valence-electron chi connectivity index (χ1n) is 3.57. The molecule has 2 heterocycles. The van der Waals surface area contributed by atoms with Crippen molar-refractivity contribution in [2.75, 3.05) is 6.54 Å². The van der Waals surface area contributed by atoms with Crippen molar-refractivity contribution in [1.82, 2.24) is 15.3 Å². The Morgan fingerprint density at radius 1 is 1.42 bits per heavy atom. The fourth-order valence-electron chi connectivity index (χ4n) is 1.24. The minimum absolute atomic E-state index is 0. The first-order chi connectivity index (χ1) is 5.38. The van der Waals surface area contributed by atoms with Gasteiger partial charge in [0.1, 0.15) is 10.9 Å². The standard InChI is InChI=1S/C7H8BrN3.BrH/c8-7-5-1-2-9-3-6(5)10-4-11-7;/h4,9H,1-3H2;1H. The minimum Gasteiger partial charge on any atom is -0.311 e. The second kappa shape index (κ2) is 4.30. The van der Waals surface area contributed by atoms with Gasteiger partial charge in [-0.2, -0.15) is 0 Å². The number of nitrogens with zero attached hydrogens (tertiary/aromatic N) is 2. The Kier molecular flexibility index (Phi) is 3.61. The summed E-state index contributed by atoms with van der Waals surface area (Å²) in [6.45, 7) is 1.90. The number of fused-ring (bicyclic) bond motifs is 1. The van der Waals surface area contributed by atoms with Gasteiger partial charge in [0.25, 0.3) is 0 Å². The molecule has 66 valence electrons. The zero-order valence-electron chi connectivity index (χ0n) is 6.38. The molecule has 0 unspecified atom stereocenters. The molecule has 0 radical (unpaired) electrons. The zero-order chi connectivity index (χ0) is 7.68. The number of hydrogen-bond acceptors (Lipinski definition) is 3. The van der Waals surface area contributed by atoms with Crippen LogP contribution in [0.25, 0.3) is 0 Å². The molecule has 12 heavy (non-hydrogen) atoms. The number of rotatable bonds is 0. The molecule has 0 spiro atoms. The smallest absolute Gasteiger partial charge is 0.117 e. The van der Waals surface area contributed by atoms with Crippen LogP contribution < -0.4 is 5.32 Å². The van der Waals surface area contributed by atoms with Crippen LogP contribution >= 0.6 is 32.9 Å². The van der Waals surface area contributed by atoms with Gasteiger partial charge in [-0.05, 0) is 28.9 Å². The van der Waals surface area contributed by atoms with Crippen LogP contribution in [0.3, 0.4) is 0 Å². The quantitative estimate of drug-likeness (QED) is 0.736. The summed E-state index contributed by atoms with van der Waals surface area (Å²) in [5.41, 5.74) is 2.38. The highest BCUT2D eigenvalue weighted by molar-refractivity contribution is 9.10. The molecule has 2 rings (SSSR count). The van der Waals surface area contributed by atoms with Crippen LogP contribution in [0.2, 0.25) is 0 Å². The van der Waals surface area contributed by atoms with Gasteiger partial charge < -0.3 is 5.32 Å². The molecular formula is C7H9Br2N3. The van der Waals surface area contributed by atoms with Crippen molar-refractivity contribution in [2.45, 2.75) is 13.0 Å². The third kappa shape index (κ3) is 1.84. The van der Waals surface area contributed by atoms with E-state index in [4.69, 9.17) is 0 Å². The lowest BCUT2D eigenvalue weighted by atomic mass is 10.1. The highest BCUT2D eigenvalue weighted by atomic mass is 79.9. The Bertz CT molecular complexity index is 277. The highest BCUT2D eigenvalue weighted by Gasteiger charge is 2.12. The molecule has 1 aromatic heterocycles. The largest absolute Gasteiger partial charge is 0.311 e. The van der Waals surface area contributed by atoms with E-state index in [0.29, 0.717) is 0 Å². The van der Waals surface area contributed by atoms with Crippen molar-refractivity contribution in [1.29, 1.82) is 0 Å². The zero-order valence-corrected chi connectivity index (χ0v) is 9.68. The van der Waals surface area contributed by atoms with E-state index < -0.39 is 0 Å². The summed E-state index contributed by atoms with van der Waals surface area (Å²) in [5.74, 6) is 0. The summed E-state index contributed by atoms with van der Waals surface area (Å²) in [4.78, 5) is 8.25. The molecule has 0 aromatic carbocycles. The van der Waals surface area contributed by atoms with E-state index in [1.54, 1.807) is 6.33 Å². The molecule has 1 aliphatic rings. The molecule has 0 fully saturated rings. The summed E-state index contributed by atoms with van der Waals surface area (Å²) < 4.78 is 0.948. The van der Waals surface area contributed by atoms with E-state index in [1.165, 1.54) is 5.56 Å². The van der Waals surface area contributed by atoms with Crippen LogP contribution in [0.1, 0.15) is 11.3 Å². The lowest BCUT2D eigenvalue weighted by Crippen LogP contribution is -2.25. The van der Waals surface area contributed by atoms with Gasteiger partial charge >= 0.3 is 0 Å². The van der Waals surface area contributed by atoms with E-state index in [-0.39, 0.29) is 17.0 Å². The van der Waals surface area contributed by atoms with Crippen molar-refractivity contribution in [3.05, 3.63) is 22.2 Å². The minimum atomic E-state index is 0. The predicted molar refractivity (Wildman–Crippen MR) is 55.5 cm³/mol. The lowest BCUT2D eigenvalue weighted by molar-refractivity contribution is 0.620. The van der Waals surface area contributed by atoms with Crippen LogP contribution in [0.4, 0.5) is 0 Å².